The molecule has 0 radical (unpaired) electrons. The van der Waals surface area contributed by atoms with Crippen LogP contribution in [-0.4, -0.2) is 17.8 Å². The lowest BCUT2D eigenvalue weighted by Gasteiger charge is -2.32. The molecule has 3 nitrogen and oxygen atoms in total. The van der Waals surface area contributed by atoms with Gasteiger partial charge in [0.05, 0.1) is 0 Å². The van der Waals surface area contributed by atoms with E-state index in [1.54, 1.807) is 13.8 Å². The molecule has 0 bridgehead atoms. The van der Waals surface area contributed by atoms with Crippen molar-refractivity contribution in [2.45, 2.75) is 38.0 Å². The molecule has 0 atom stereocenters. The van der Waals surface area contributed by atoms with Crippen molar-refractivity contribution < 1.29 is 27.0 Å². The zero-order valence-corrected chi connectivity index (χ0v) is 12.2. The molecule has 0 fully saturated rings. The Kier molecular flexibility index (Phi) is 3.45. The molecular weight excluding hydrogens is 346 g/mol. The van der Waals surface area contributed by atoms with E-state index in [4.69, 9.17) is 5.73 Å². The van der Waals surface area contributed by atoms with Crippen LogP contribution in [0.2, 0.25) is 0 Å². The van der Waals surface area contributed by atoms with Crippen LogP contribution in [0.1, 0.15) is 19.4 Å². The number of halogens is 5. The Bertz CT molecular complexity index is 543. The van der Waals surface area contributed by atoms with E-state index >= 15 is 0 Å². The molecule has 0 spiro atoms. The summed E-state index contributed by atoms with van der Waals surface area (Å²) in [4.78, 5) is 0. The van der Waals surface area contributed by atoms with Crippen molar-refractivity contribution >= 4 is 15.9 Å². The van der Waals surface area contributed by atoms with Crippen molar-refractivity contribution in [2.75, 3.05) is 0 Å². The first-order valence-electron chi connectivity index (χ1n) is 5.66. The third kappa shape index (κ3) is 2.85. The third-order valence-electron chi connectivity index (χ3n) is 2.57. The maximum Gasteiger partial charge on any atom is 0.507 e. The van der Waals surface area contributed by atoms with Crippen LogP contribution in [0.5, 0.6) is 11.5 Å². The van der Waals surface area contributed by atoms with Crippen molar-refractivity contribution in [3.63, 3.8) is 0 Å². The Labute approximate surface area is 121 Å². The molecular formula is C12H12BrF4NO2. The van der Waals surface area contributed by atoms with Crippen LogP contribution >= 0.6 is 15.9 Å². The highest BCUT2D eigenvalue weighted by molar-refractivity contribution is 9.10. The van der Waals surface area contributed by atoms with Crippen molar-refractivity contribution in [1.29, 1.82) is 0 Å². The van der Waals surface area contributed by atoms with Crippen LogP contribution in [0.15, 0.2) is 16.6 Å². The molecule has 0 aromatic heterocycles. The predicted octanol–water partition coefficient (Wildman–Crippen LogP) is 3.69. The van der Waals surface area contributed by atoms with Gasteiger partial charge in [-0.3, -0.25) is 0 Å². The molecule has 112 valence electrons. The Hall–Kier alpha value is -1.02. The summed E-state index contributed by atoms with van der Waals surface area (Å²) in [6.45, 7) is 3.50. The first-order chi connectivity index (χ1) is 8.91. The van der Waals surface area contributed by atoms with Gasteiger partial charge in [0.25, 0.3) is 0 Å². The zero-order chi connectivity index (χ0) is 15.3. The standard InChI is InChI=1S/C12H12BrF4NO2/c1-10(2,18)5-6-3-8-9(4-7(6)13)20-12(16,17)11(14,15)19-8/h3-4H,5,18H2,1-2H3. The lowest BCUT2D eigenvalue weighted by atomic mass is 9.96. The number of nitrogens with two attached hydrogens (primary N) is 1. The van der Waals surface area contributed by atoms with Gasteiger partial charge in [0.1, 0.15) is 0 Å². The van der Waals surface area contributed by atoms with Crippen LogP contribution in [0.25, 0.3) is 0 Å². The number of fused-ring (bicyclic) bond motifs is 1. The molecule has 20 heavy (non-hydrogen) atoms. The lowest BCUT2D eigenvalue weighted by molar-refractivity contribution is -0.391. The van der Waals surface area contributed by atoms with Gasteiger partial charge < -0.3 is 15.2 Å². The molecule has 1 aromatic rings. The van der Waals surface area contributed by atoms with E-state index in [0.717, 1.165) is 0 Å². The Morgan fingerprint density at radius 2 is 1.55 bits per heavy atom. The van der Waals surface area contributed by atoms with Gasteiger partial charge in [0.2, 0.25) is 0 Å². The van der Waals surface area contributed by atoms with Crippen LogP contribution in [-0.2, 0) is 6.42 Å². The Morgan fingerprint density at radius 1 is 1.10 bits per heavy atom. The fourth-order valence-corrected chi connectivity index (χ4v) is 2.22. The molecule has 1 aliphatic heterocycles. The molecule has 2 N–H and O–H groups in total. The SMILES string of the molecule is CC(C)(N)Cc1cc2c(cc1Br)OC(F)(F)C(F)(F)O2. The minimum atomic E-state index is -4.72. The molecule has 0 amide bonds. The number of rotatable bonds is 2. The molecule has 0 aliphatic carbocycles. The predicted molar refractivity (Wildman–Crippen MR) is 67.3 cm³/mol. The molecule has 0 saturated heterocycles. The third-order valence-corrected chi connectivity index (χ3v) is 3.31. The number of hydrogen-bond acceptors (Lipinski definition) is 3. The van der Waals surface area contributed by atoms with E-state index in [9.17, 15) is 17.6 Å². The summed E-state index contributed by atoms with van der Waals surface area (Å²) < 4.78 is 60.8. The van der Waals surface area contributed by atoms with Crippen molar-refractivity contribution in [2.24, 2.45) is 5.73 Å². The highest BCUT2D eigenvalue weighted by Gasteiger charge is 2.66. The topological polar surface area (TPSA) is 44.5 Å². The zero-order valence-electron chi connectivity index (χ0n) is 10.6. The second-order valence-electron chi connectivity index (χ2n) is 5.29. The average Bonchev–Trinajstić information content (AvgIpc) is 2.20. The quantitative estimate of drug-likeness (QED) is 0.821. The van der Waals surface area contributed by atoms with Gasteiger partial charge in [-0.25, -0.2) is 0 Å². The first-order valence-corrected chi connectivity index (χ1v) is 6.45. The number of alkyl halides is 4. The van der Waals surface area contributed by atoms with E-state index in [0.29, 0.717) is 16.5 Å². The van der Waals surface area contributed by atoms with Gasteiger partial charge in [0, 0.05) is 10.0 Å². The molecule has 1 aliphatic rings. The van der Waals surface area contributed by atoms with E-state index in [1.165, 1.54) is 12.1 Å². The van der Waals surface area contributed by atoms with Gasteiger partial charge in [0.15, 0.2) is 11.5 Å². The monoisotopic (exact) mass is 357 g/mol. The number of benzene rings is 1. The van der Waals surface area contributed by atoms with Crippen LogP contribution < -0.4 is 15.2 Å². The van der Waals surface area contributed by atoms with Gasteiger partial charge in [-0.2, -0.15) is 17.6 Å². The van der Waals surface area contributed by atoms with Gasteiger partial charge in [-0.05, 0) is 38.0 Å². The molecule has 1 aromatic carbocycles. The number of hydrogen-bond donors (Lipinski definition) is 1. The van der Waals surface area contributed by atoms with Crippen molar-refractivity contribution in [3.05, 3.63) is 22.2 Å². The minimum Gasteiger partial charge on any atom is -0.421 e. The van der Waals surface area contributed by atoms with E-state index in [2.05, 4.69) is 25.4 Å². The summed E-state index contributed by atoms with van der Waals surface area (Å²) in [6.07, 6.45) is -9.09. The first kappa shape index (κ1) is 15.4. The van der Waals surface area contributed by atoms with E-state index < -0.39 is 29.3 Å². The second kappa shape index (κ2) is 4.49. The number of ether oxygens (including phenoxy) is 2. The van der Waals surface area contributed by atoms with Gasteiger partial charge >= 0.3 is 12.2 Å². The molecule has 2 rings (SSSR count). The fourth-order valence-electron chi connectivity index (χ4n) is 1.76. The lowest BCUT2D eigenvalue weighted by Crippen LogP contribution is -2.52. The fraction of sp³-hybridized carbons (Fsp3) is 0.500. The van der Waals surface area contributed by atoms with Crippen molar-refractivity contribution in [3.8, 4) is 11.5 Å². The smallest absolute Gasteiger partial charge is 0.421 e. The summed E-state index contributed by atoms with van der Waals surface area (Å²) in [6, 6.07) is 2.39. The van der Waals surface area contributed by atoms with Crippen LogP contribution in [0, 0.1) is 0 Å². The second-order valence-corrected chi connectivity index (χ2v) is 6.15. The summed E-state index contributed by atoms with van der Waals surface area (Å²) in [5.41, 5.74) is 5.81. The van der Waals surface area contributed by atoms with E-state index in [1.807, 2.05) is 0 Å². The molecule has 8 heteroatoms. The highest BCUT2D eigenvalue weighted by Crippen LogP contribution is 2.48. The summed E-state index contributed by atoms with van der Waals surface area (Å²) >= 11 is 3.17. The van der Waals surface area contributed by atoms with Gasteiger partial charge in [-0.15, -0.1) is 0 Å². The molecule has 0 unspecified atom stereocenters. The van der Waals surface area contributed by atoms with Crippen molar-refractivity contribution in [1.82, 2.24) is 0 Å². The molecule has 1 heterocycles. The summed E-state index contributed by atoms with van der Waals surface area (Å²) in [7, 11) is 0. The minimum absolute atomic E-state index is 0.339. The summed E-state index contributed by atoms with van der Waals surface area (Å²) in [5, 5.41) is 0. The largest absolute Gasteiger partial charge is 0.507 e. The van der Waals surface area contributed by atoms with Crippen LogP contribution in [0.3, 0.4) is 0 Å². The molecule has 0 saturated carbocycles. The van der Waals surface area contributed by atoms with Crippen LogP contribution in [0.4, 0.5) is 17.6 Å². The Balaban J connectivity index is 2.43. The normalized spacial score (nSPS) is 19.8. The summed E-state index contributed by atoms with van der Waals surface area (Å²) in [5.74, 6) is -0.894. The van der Waals surface area contributed by atoms with Gasteiger partial charge in [-0.1, -0.05) is 15.9 Å². The Morgan fingerprint density at radius 3 is 2.00 bits per heavy atom. The average molecular weight is 358 g/mol. The highest BCUT2D eigenvalue weighted by atomic mass is 79.9. The van der Waals surface area contributed by atoms with E-state index in [-0.39, 0.29) is 0 Å². The maximum absolute atomic E-state index is 13.1. The maximum atomic E-state index is 13.1.